The molecule has 1 aliphatic heterocycles. The van der Waals surface area contributed by atoms with Crippen LogP contribution < -0.4 is 0 Å². The Balaban J connectivity index is 1.82. The number of amides is 1. The Kier molecular flexibility index (Phi) is 4.25. The molecule has 0 fully saturated rings. The Labute approximate surface area is 131 Å². The number of fused-ring (bicyclic) bond motifs is 1. The second-order valence-corrected chi connectivity index (χ2v) is 5.79. The topological polar surface area (TPSA) is 40.5 Å². The van der Waals surface area contributed by atoms with Crippen molar-refractivity contribution in [1.82, 2.24) is 4.90 Å². The number of aliphatic hydroxyl groups is 1. The predicted octanol–water partition coefficient (Wildman–Crippen LogP) is 3.33. The van der Waals surface area contributed by atoms with E-state index in [0.29, 0.717) is 13.0 Å². The van der Waals surface area contributed by atoms with Crippen molar-refractivity contribution in [3.63, 3.8) is 0 Å². The standard InChI is InChI=1S/C19H21NO2/c1-2-18(21)16-9-8-14-10-11-20(13-17(14)12-16)19(22)15-6-4-3-5-7-15/h3-9,12,18,21H,2,10-11,13H2,1H3. The molecule has 1 amide bonds. The maximum atomic E-state index is 12.6. The van der Waals surface area contributed by atoms with E-state index in [4.69, 9.17) is 0 Å². The molecule has 0 aromatic heterocycles. The van der Waals surface area contributed by atoms with Gasteiger partial charge in [0.25, 0.3) is 5.91 Å². The van der Waals surface area contributed by atoms with Crippen molar-refractivity contribution in [2.24, 2.45) is 0 Å². The SMILES string of the molecule is CCC(O)c1ccc2c(c1)CN(C(=O)c1ccccc1)CC2. The third-order valence-corrected chi connectivity index (χ3v) is 4.32. The van der Waals surface area contributed by atoms with E-state index in [0.717, 1.165) is 29.7 Å². The number of aliphatic hydroxyl groups excluding tert-OH is 1. The lowest BCUT2D eigenvalue weighted by atomic mass is 9.94. The van der Waals surface area contributed by atoms with Crippen molar-refractivity contribution in [2.45, 2.75) is 32.4 Å². The minimum Gasteiger partial charge on any atom is -0.388 e. The molecule has 3 rings (SSSR count). The summed E-state index contributed by atoms with van der Waals surface area (Å²) >= 11 is 0. The van der Waals surface area contributed by atoms with E-state index in [1.54, 1.807) is 0 Å². The maximum Gasteiger partial charge on any atom is 0.254 e. The lowest BCUT2D eigenvalue weighted by molar-refractivity contribution is 0.0734. The van der Waals surface area contributed by atoms with Gasteiger partial charge in [-0.15, -0.1) is 0 Å². The van der Waals surface area contributed by atoms with Gasteiger partial charge in [0.05, 0.1) is 6.10 Å². The van der Waals surface area contributed by atoms with Crippen LogP contribution in [-0.2, 0) is 13.0 Å². The number of carbonyl (C=O) groups excluding carboxylic acids is 1. The molecule has 0 bridgehead atoms. The Morgan fingerprint density at radius 3 is 2.68 bits per heavy atom. The molecule has 0 radical (unpaired) electrons. The lowest BCUT2D eigenvalue weighted by Gasteiger charge is -2.29. The molecule has 1 heterocycles. The Morgan fingerprint density at radius 2 is 1.95 bits per heavy atom. The van der Waals surface area contributed by atoms with E-state index >= 15 is 0 Å². The van der Waals surface area contributed by atoms with Gasteiger partial charge in [-0.05, 0) is 41.7 Å². The summed E-state index contributed by atoms with van der Waals surface area (Å²) in [5, 5.41) is 10.0. The Bertz CT molecular complexity index is 666. The minimum atomic E-state index is -0.425. The molecule has 1 N–H and O–H groups in total. The minimum absolute atomic E-state index is 0.0766. The van der Waals surface area contributed by atoms with Crippen molar-refractivity contribution in [3.05, 3.63) is 70.8 Å². The van der Waals surface area contributed by atoms with Crippen LogP contribution in [0.2, 0.25) is 0 Å². The third kappa shape index (κ3) is 2.90. The van der Waals surface area contributed by atoms with Gasteiger partial charge in [-0.3, -0.25) is 4.79 Å². The fraction of sp³-hybridized carbons (Fsp3) is 0.316. The van der Waals surface area contributed by atoms with Gasteiger partial charge < -0.3 is 10.0 Å². The zero-order valence-corrected chi connectivity index (χ0v) is 12.8. The molecule has 2 aromatic rings. The number of carbonyl (C=O) groups is 1. The molecule has 3 nitrogen and oxygen atoms in total. The summed E-state index contributed by atoms with van der Waals surface area (Å²) < 4.78 is 0. The number of nitrogens with zero attached hydrogens (tertiary/aromatic N) is 1. The highest BCUT2D eigenvalue weighted by Crippen LogP contribution is 2.25. The third-order valence-electron chi connectivity index (χ3n) is 4.32. The molecule has 1 unspecified atom stereocenters. The highest BCUT2D eigenvalue weighted by molar-refractivity contribution is 5.94. The largest absolute Gasteiger partial charge is 0.388 e. The first-order valence-electron chi connectivity index (χ1n) is 7.83. The molecule has 1 atom stereocenters. The molecule has 22 heavy (non-hydrogen) atoms. The average molecular weight is 295 g/mol. The van der Waals surface area contributed by atoms with Gasteiger partial charge in [-0.2, -0.15) is 0 Å². The fourth-order valence-corrected chi connectivity index (χ4v) is 2.96. The fourth-order valence-electron chi connectivity index (χ4n) is 2.96. The second-order valence-electron chi connectivity index (χ2n) is 5.79. The van der Waals surface area contributed by atoms with Gasteiger partial charge in [-0.25, -0.2) is 0 Å². The number of rotatable bonds is 3. The van der Waals surface area contributed by atoms with Gasteiger partial charge in [0.15, 0.2) is 0 Å². The van der Waals surface area contributed by atoms with E-state index in [1.165, 1.54) is 5.56 Å². The van der Waals surface area contributed by atoms with Crippen LogP contribution in [0.3, 0.4) is 0 Å². The highest BCUT2D eigenvalue weighted by atomic mass is 16.3. The van der Waals surface area contributed by atoms with Crippen LogP contribution in [0.1, 0.15) is 46.5 Å². The number of benzene rings is 2. The Morgan fingerprint density at radius 1 is 1.18 bits per heavy atom. The summed E-state index contributed by atoms with van der Waals surface area (Å²) in [5.41, 5.74) is 4.11. The molecular formula is C19H21NO2. The summed E-state index contributed by atoms with van der Waals surface area (Å²) in [6.45, 7) is 3.33. The quantitative estimate of drug-likeness (QED) is 0.943. The molecule has 0 saturated heterocycles. The number of hydrogen-bond acceptors (Lipinski definition) is 2. The van der Waals surface area contributed by atoms with Crippen LogP contribution in [0.25, 0.3) is 0 Å². The van der Waals surface area contributed by atoms with Crippen molar-refractivity contribution in [3.8, 4) is 0 Å². The van der Waals surface area contributed by atoms with Gasteiger partial charge in [0.1, 0.15) is 0 Å². The molecule has 1 aliphatic rings. The first-order chi connectivity index (χ1) is 10.7. The van der Waals surface area contributed by atoms with Crippen molar-refractivity contribution < 1.29 is 9.90 Å². The van der Waals surface area contributed by atoms with Crippen LogP contribution >= 0.6 is 0 Å². The van der Waals surface area contributed by atoms with Crippen LogP contribution in [0.4, 0.5) is 0 Å². The molecule has 0 spiro atoms. The first-order valence-corrected chi connectivity index (χ1v) is 7.83. The predicted molar refractivity (Wildman–Crippen MR) is 86.6 cm³/mol. The average Bonchev–Trinajstić information content (AvgIpc) is 2.60. The molecule has 3 heteroatoms. The zero-order valence-electron chi connectivity index (χ0n) is 12.8. The summed E-state index contributed by atoms with van der Waals surface area (Å²) in [4.78, 5) is 14.4. The summed E-state index contributed by atoms with van der Waals surface area (Å²) in [6.07, 6.45) is 1.15. The maximum absolute atomic E-state index is 12.6. The summed E-state index contributed by atoms with van der Waals surface area (Å²) in [5.74, 6) is 0.0766. The van der Waals surface area contributed by atoms with Gasteiger partial charge >= 0.3 is 0 Å². The van der Waals surface area contributed by atoms with Crippen LogP contribution in [-0.4, -0.2) is 22.5 Å². The van der Waals surface area contributed by atoms with Gasteiger partial charge in [0.2, 0.25) is 0 Å². The van der Waals surface area contributed by atoms with Crippen LogP contribution in [0.15, 0.2) is 48.5 Å². The van der Waals surface area contributed by atoms with E-state index in [9.17, 15) is 9.90 Å². The monoisotopic (exact) mass is 295 g/mol. The van der Waals surface area contributed by atoms with Crippen molar-refractivity contribution >= 4 is 5.91 Å². The van der Waals surface area contributed by atoms with E-state index in [2.05, 4.69) is 6.07 Å². The van der Waals surface area contributed by atoms with Gasteiger partial charge in [0, 0.05) is 18.7 Å². The molecule has 114 valence electrons. The van der Waals surface area contributed by atoms with Gasteiger partial charge in [-0.1, -0.05) is 43.3 Å². The normalized spacial score (nSPS) is 15.3. The lowest BCUT2D eigenvalue weighted by Crippen LogP contribution is -2.36. The van der Waals surface area contributed by atoms with E-state index in [-0.39, 0.29) is 5.91 Å². The smallest absolute Gasteiger partial charge is 0.254 e. The van der Waals surface area contributed by atoms with E-state index < -0.39 is 6.10 Å². The van der Waals surface area contributed by atoms with Crippen LogP contribution in [0.5, 0.6) is 0 Å². The molecule has 2 aromatic carbocycles. The summed E-state index contributed by atoms with van der Waals surface area (Å²) in [6, 6.07) is 15.6. The number of hydrogen-bond donors (Lipinski definition) is 1. The van der Waals surface area contributed by atoms with Crippen molar-refractivity contribution in [1.29, 1.82) is 0 Å². The molecular weight excluding hydrogens is 274 g/mol. The van der Waals surface area contributed by atoms with Crippen molar-refractivity contribution in [2.75, 3.05) is 6.54 Å². The molecule has 0 aliphatic carbocycles. The van der Waals surface area contributed by atoms with Crippen LogP contribution in [0, 0.1) is 0 Å². The first kappa shape index (κ1) is 14.8. The highest BCUT2D eigenvalue weighted by Gasteiger charge is 2.22. The summed E-state index contributed by atoms with van der Waals surface area (Å²) in [7, 11) is 0. The zero-order chi connectivity index (χ0) is 15.5. The second kappa shape index (κ2) is 6.32. The van der Waals surface area contributed by atoms with E-state index in [1.807, 2.05) is 54.3 Å². The Hall–Kier alpha value is -2.13. The molecule has 0 saturated carbocycles.